The third-order valence-electron chi connectivity index (χ3n) is 6.96. The van der Waals surface area contributed by atoms with Crippen LogP contribution < -0.4 is 0 Å². The number of fused-ring (bicyclic) bond motifs is 4. The lowest BCUT2D eigenvalue weighted by atomic mass is 10.00. The van der Waals surface area contributed by atoms with Gasteiger partial charge in [0.25, 0.3) is 0 Å². The van der Waals surface area contributed by atoms with Gasteiger partial charge in [-0.05, 0) is 83.1 Å². The molecule has 7 rings (SSSR count). The number of hydrogen-bond donors (Lipinski definition) is 0. The molecule has 0 N–H and O–H groups in total. The molecule has 156 valence electrons. The lowest BCUT2D eigenvalue weighted by Gasteiger charge is -2.08. The van der Waals surface area contributed by atoms with Crippen LogP contribution in [-0.2, 0) is 6.42 Å². The molecular formula is C32H23N. The van der Waals surface area contributed by atoms with Crippen LogP contribution in [0.5, 0.6) is 0 Å². The van der Waals surface area contributed by atoms with Crippen molar-refractivity contribution < 1.29 is 0 Å². The number of para-hydroxylation sites is 1. The summed E-state index contributed by atoms with van der Waals surface area (Å²) in [6.45, 7) is 2.14. The molecule has 0 radical (unpaired) electrons. The molecule has 0 fully saturated rings. The molecule has 1 aliphatic carbocycles. The van der Waals surface area contributed by atoms with E-state index in [0.29, 0.717) is 0 Å². The van der Waals surface area contributed by atoms with E-state index in [4.69, 9.17) is 0 Å². The van der Waals surface area contributed by atoms with Gasteiger partial charge in [0.05, 0.1) is 11.0 Å². The lowest BCUT2D eigenvalue weighted by Crippen LogP contribution is -1.93. The van der Waals surface area contributed by atoms with Crippen LogP contribution in [-0.4, -0.2) is 4.57 Å². The molecule has 1 aliphatic rings. The van der Waals surface area contributed by atoms with E-state index < -0.39 is 0 Å². The Morgan fingerprint density at radius 1 is 0.515 bits per heavy atom. The summed E-state index contributed by atoms with van der Waals surface area (Å²) in [5.41, 5.74) is 13.0. The molecule has 1 aromatic heterocycles. The van der Waals surface area contributed by atoms with Gasteiger partial charge >= 0.3 is 0 Å². The molecule has 0 spiro atoms. The number of aromatic nitrogens is 1. The summed E-state index contributed by atoms with van der Waals surface area (Å²) in [5.74, 6) is 0. The van der Waals surface area contributed by atoms with Crippen molar-refractivity contribution in [1.29, 1.82) is 0 Å². The number of hydrogen-bond acceptors (Lipinski definition) is 0. The molecule has 0 atom stereocenters. The first-order chi connectivity index (χ1) is 16.2. The molecule has 1 nitrogen and oxygen atoms in total. The Morgan fingerprint density at radius 2 is 1.09 bits per heavy atom. The van der Waals surface area contributed by atoms with Crippen LogP contribution in [0.25, 0.3) is 49.7 Å². The minimum Gasteiger partial charge on any atom is -0.309 e. The maximum absolute atomic E-state index is 2.39. The molecular weight excluding hydrogens is 398 g/mol. The average Bonchev–Trinajstić information content (AvgIpc) is 3.58. The Labute approximate surface area is 193 Å². The van der Waals surface area contributed by atoms with Gasteiger partial charge in [-0.2, -0.15) is 0 Å². The Bertz CT molecular complexity index is 1670. The van der Waals surface area contributed by atoms with Gasteiger partial charge in [0, 0.05) is 16.5 Å². The van der Waals surface area contributed by atoms with E-state index in [-0.39, 0.29) is 0 Å². The van der Waals surface area contributed by atoms with Gasteiger partial charge in [0.2, 0.25) is 0 Å². The first-order valence-corrected chi connectivity index (χ1v) is 11.6. The van der Waals surface area contributed by atoms with E-state index >= 15 is 0 Å². The van der Waals surface area contributed by atoms with Crippen molar-refractivity contribution in [2.75, 3.05) is 0 Å². The lowest BCUT2D eigenvalue weighted by molar-refractivity contribution is 1.18. The first-order valence-electron chi connectivity index (χ1n) is 11.6. The topological polar surface area (TPSA) is 4.93 Å². The summed E-state index contributed by atoms with van der Waals surface area (Å²) in [4.78, 5) is 0. The summed E-state index contributed by atoms with van der Waals surface area (Å²) < 4.78 is 2.39. The Hall–Kier alpha value is -4.10. The van der Waals surface area contributed by atoms with E-state index in [1.165, 1.54) is 66.4 Å². The van der Waals surface area contributed by atoms with Crippen LogP contribution in [0.4, 0.5) is 0 Å². The summed E-state index contributed by atoms with van der Waals surface area (Å²) >= 11 is 0. The SMILES string of the molecule is Cc1ccc(-c2ccc3c(c2)c2cc(-c4ccc5c(c4)C5)ccc2n3-c2ccccc2)cc1. The third-order valence-corrected chi connectivity index (χ3v) is 6.96. The fourth-order valence-corrected chi connectivity index (χ4v) is 5.06. The van der Waals surface area contributed by atoms with Crippen LogP contribution in [0.3, 0.4) is 0 Å². The maximum Gasteiger partial charge on any atom is 0.0541 e. The molecule has 0 saturated heterocycles. The molecule has 1 heteroatoms. The van der Waals surface area contributed by atoms with Gasteiger partial charge in [-0.15, -0.1) is 0 Å². The van der Waals surface area contributed by atoms with E-state index in [2.05, 4.69) is 121 Å². The van der Waals surface area contributed by atoms with Gasteiger partial charge in [-0.3, -0.25) is 0 Å². The van der Waals surface area contributed by atoms with Crippen molar-refractivity contribution in [3.63, 3.8) is 0 Å². The minimum atomic E-state index is 1.15. The fourth-order valence-electron chi connectivity index (χ4n) is 5.06. The normalized spacial score (nSPS) is 12.3. The second-order valence-electron chi connectivity index (χ2n) is 9.16. The predicted octanol–water partition coefficient (Wildman–Crippen LogP) is 8.33. The Morgan fingerprint density at radius 3 is 1.76 bits per heavy atom. The quantitative estimate of drug-likeness (QED) is 0.270. The second kappa shape index (κ2) is 6.95. The van der Waals surface area contributed by atoms with Crippen molar-refractivity contribution in [2.24, 2.45) is 0 Å². The number of nitrogens with zero attached hydrogens (tertiary/aromatic N) is 1. The largest absolute Gasteiger partial charge is 0.309 e. The summed E-state index contributed by atoms with van der Waals surface area (Å²) in [5, 5.41) is 2.59. The highest BCUT2D eigenvalue weighted by molar-refractivity contribution is 6.11. The Kier molecular flexibility index (Phi) is 3.89. The molecule has 0 amide bonds. The van der Waals surface area contributed by atoms with Gasteiger partial charge in [0.15, 0.2) is 0 Å². The highest BCUT2D eigenvalue weighted by atomic mass is 15.0. The average molecular weight is 422 g/mol. The molecule has 1 heterocycles. The van der Waals surface area contributed by atoms with Crippen LogP contribution >= 0.6 is 0 Å². The number of rotatable bonds is 3. The van der Waals surface area contributed by atoms with Crippen LogP contribution in [0.15, 0.2) is 109 Å². The molecule has 6 aromatic rings. The van der Waals surface area contributed by atoms with Crippen molar-refractivity contribution in [3.8, 4) is 27.9 Å². The van der Waals surface area contributed by atoms with E-state index in [9.17, 15) is 0 Å². The smallest absolute Gasteiger partial charge is 0.0541 e. The zero-order valence-electron chi connectivity index (χ0n) is 18.5. The summed E-state index contributed by atoms with van der Waals surface area (Å²) in [6, 6.07) is 40.2. The molecule has 0 bridgehead atoms. The van der Waals surface area contributed by atoms with Gasteiger partial charge in [-0.25, -0.2) is 0 Å². The molecule has 0 saturated carbocycles. The predicted molar refractivity (Wildman–Crippen MR) is 139 cm³/mol. The second-order valence-corrected chi connectivity index (χ2v) is 9.16. The highest BCUT2D eigenvalue weighted by Gasteiger charge is 2.18. The van der Waals surface area contributed by atoms with E-state index in [1.807, 2.05) is 0 Å². The van der Waals surface area contributed by atoms with Crippen LogP contribution in [0.1, 0.15) is 16.7 Å². The number of aryl methyl sites for hydroxylation is 1. The van der Waals surface area contributed by atoms with Gasteiger partial charge in [-0.1, -0.05) is 78.4 Å². The monoisotopic (exact) mass is 421 g/mol. The third kappa shape index (κ3) is 3.01. The summed E-state index contributed by atoms with van der Waals surface area (Å²) in [6.07, 6.45) is 1.15. The zero-order valence-corrected chi connectivity index (χ0v) is 18.5. The maximum atomic E-state index is 2.39. The van der Waals surface area contributed by atoms with Crippen molar-refractivity contribution in [3.05, 3.63) is 126 Å². The van der Waals surface area contributed by atoms with Crippen molar-refractivity contribution >= 4 is 21.8 Å². The highest BCUT2D eigenvalue weighted by Crippen LogP contribution is 2.38. The van der Waals surface area contributed by atoms with Crippen LogP contribution in [0, 0.1) is 6.92 Å². The standard InChI is InChI=1S/C32H23N/c1-21-7-9-22(10-8-21)25-13-15-31-29(19-25)30-20-26(23-11-12-24-18-27(24)17-23)14-16-32(30)33(31)28-5-3-2-4-6-28/h2-17,19-20H,18H2,1H3. The first kappa shape index (κ1) is 18.5. The van der Waals surface area contributed by atoms with Crippen LogP contribution in [0.2, 0.25) is 0 Å². The van der Waals surface area contributed by atoms with Gasteiger partial charge < -0.3 is 4.57 Å². The van der Waals surface area contributed by atoms with Crippen molar-refractivity contribution in [1.82, 2.24) is 4.57 Å². The van der Waals surface area contributed by atoms with E-state index in [0.717, 1.165) is 6.42 Å². The van der Waals surface area contributed by atoms with E-state index in [1.54, 1.807) is 0 Å². The molecule has 0 aliphatic heterocycles. The van der Waals surface area contributed by atoms with Gasteiger partial charge in [0.1, 0.15) is 0 Å². The number of benzene rings is 5. The minimum absolute atomic E-state index is 1.15. The fraction of sp³-hybridized carbons (Fsp3) is 0.0625. The molecule has 5 aromatic carbocycles. The van der Waals surface area contributed by atoms with Crippen molar-refractivity contribution in [2.45, 2.75) is 13.3 Å². The Balaban J connectivity index is 1.51. The zero-order chi connectivity index (χ0) is 21.9. The summed E-state index contributed by atoms with van der Waals surface area (Å²) in [7, 11) is 0. The molecule has 33 heavy (non-hydrogen) atoms. The molecule has 0 unspecified atom stereocenters.